The van der Waals surface area contributed by atoms with Crippen LogP contribution in [0.1, 0.15) is 57.8 Å². The largest absolute Gasteiger partial charge is 0.409 e. The molecule has 0 unspecified atom stereocenters. The SMILES string of the molecule is N/C(=N/O)C1CCCCCCCCC1. The molecule has 0 aromatic heterocycles. The maximum absolute atomic E-state index is 8.64. The van der Waals surface area contributed by atoms with Crippen LogP contribution in [-0.2, 0) is 0 Å². The van der Waals surface area contributed by atoms with Crippen LogP contribution in [0.2, 0.25) is 0 Å². The summed E-state index contributed by atoms with van der Waals surface area (Å²) in [6.45, 7) is 0. The van der Waals surface area contributed by atoms with E-state index in [9.17, 15) is 0 Å². The Morgan fingerprint density at radius 3 is 1.79 bits per heavy atom. The van der Waals surface area contributed by atoms with Gasteiger partial charge in [0.2, 0.25) is 0 Å². The van der Waals surface area contributed by atoms with Crippen LogP contribution in [0.15, 0.2) is 5.16 Å². The Morgan fingerprint density at radius 1 is 0.929 bits per heavy atom. The average molecular weight is 198 g/mol. The third kappa shape index (κ3) is 3.99. The van der Waals surface area contributed by atoms with Crippen LogP contribution in [-0.4, -0.2) is 11.0 Å². The van der Waals surface area contributed by atoms with Gasteiger partial charge in [-0.1, -0.05) is 50.1 Å². The Kier molecular flexibility index (Phi) is 5.42. The van der Waals surface area contributed by atoms with Crippen LogP contribution in [0, 0.1) is 5.92 Å². The molecule has 0 aliphatic heterocycles. The van der Waals surface area contributed by atoms with E-state index in [2.05, 4.69) is 5.16 Å². The van der Waals surface area contributed by atoms with Crippen molar-refractivity contribution in [2.24, 2.45) is 16.8 Å². The molecular weight excluding hydrogens is 176 g/mol. The van der Waals surface area contributed by atoms with Gasteiger partial charge in [-0.05, 0) is 12.8 Å². The van der Waals surface area contributed by atoms with E-state index < -0.39 is 0 Å². The van der Waals surface area contributed by atoms with Crippen molar-refractivity contribution in [1.82, 2.24) is 0 Å². The van der Waals surface area contributed by atoms with Gasteiger partial charge in [0, 0.05) is 5.92 Å². The van der Waals surface area contributed by atoms with E-state index in [1.54, 1.807) is 0 Å². The molecule has 1 aliphatic carbocycles. The van der Waals surface area contributed by atoms with E-state index in [1.165, 1.54) is 44.9 Å². The summed E-state index contributed by atoms with van der Waals surface area (Å²) < 4.78 is 0. The van der Waals surface area contributed by atoms with E-state index in [-0.39, 0.29) is 0 Å². The van der Waals surface area contributed by atoms with Crippen molar-refractivity contribution in [3.8, 4) is 0 Å². The monoisotopic (exact) mass is 198 g/mol. The zero-order valence-electron chi connectivity index (χ0n) is 8.91. The molecule has 82 valence electrons. The van der Waals surface area contributed by atoms with E-state index in [4.69, 9.17) is 10.9 Å². The summed E-state index contributed by atoms with van der Waals surface area (Å²) in [6, 6.07) is 0. The standard InChI is InChI=1S/C11H22N2O/c12-11(13-14)10-8-6-4-2-1-3-5-7-9-10/h10,14H,1-9H2,(H2,12,13). The summed E-state index contributed by atoms with van der Waals surface area (Å²) in [4.78, 5) is 0. The molecule has 1 saturated carbocycles. The first-order chi connectivity index (χ1) is 6.84. The average Bonchev–Trinajstić information content (AvgIpc) is 2.24. The van der Waals surface area contributed by atoms with E-state index in [1.807, 2.05) is 0 Å². The van der Waals surface area contributed by atoms with Gasteiger partial charge in [-0.3, -0.25) is 0 Å². The van der Waals surface area contributed by atoms with Gasteiger partial charge in [-0.25, -0.2) is 0 Å². The fourth-order valence-corrected chi connectivity index (χ4v) is 2.19. The minimum atomic E-state index is 0.318. The van der Waals surface area contributed by atoms with E-state index >= 15 is 0 Å². The number of nitrogens with two attached hydrogens (primary N) is 1. The highest BCUT2D eigenvalue weighted by molar-refractivity contribution is 5.82. The van der Waals surface area contributed by atoms with E-state index in [0.717, 1.165) is 12.8 Å². The van der Waals surface area contributed by atoms with Crippen LogP contribution < -0.4 is 5.73 Å². The molecule has 0 aromatic carbocycles. The third-order valence-electron chi connectivity index (χ3n) is 3.14. The Balaban J connectivity index is 2.38. The molecule has 3 heteroatoms. The van der Waals surface area contributed by atoms with Gasteiger partial charge in [0.1, 0.15) is 5.84 Å². The molecule has 3 nitrogen and oxygen atoms in total. The summed E-state index contributed by atoms with van der Waals surface area (Å²) in [6.07, 6.45) is 11.3. The summed E-state index contributed by atoms with van der Waals surface area (Å²) >= 11 is 0. The van der Waals surface area contributed by atoms with Crippen LogP contribution in [0.3, 0.4) is 0 Å². The van der Waals surface area contributed by atoms with Crippen LogP contribution in [0.4, 0.5) is 0 Å². The van der Waals surface area contributed by atoms with Crippen molar-refractivity contribution in [1.29, 1.82) is 0 Å². The van der Waals surface area contributed by atoms with Gasteiger partial charge in [-0.15, -0.1) is 0 Å². The first-order valence-corrected chi connectivity index (χ1v) is 5.82. The lowest BCUT2D eigenvalue weighted by Gasteiger charge is -2.16. The van der Waals surface area contributed by atoms with Crippen LogP contribution in [0.5, 0.6) is 0 Å². The highest BCUT2D eigenvalue weighted by atomic mass is 16.4. The fraction of sp³-hybridized carbons (Fsp3) is 0.909. The highest BCUT2D eigenvalue weighted by Gasteiger charge is 2.14. The topological polar surface area (TPSA) is 58.6 Å². The van der Waals surface area contributed by atoms with Gasteiger partial charge >= 0.3 is 0 Å². The molecular formula is C11H22N2O. The van der Waals surface area contributed by atoms with Crippen molar-refractivity contribution < 1.29 is 5.21 Å². The lowest BCUT2D eigenvalue weighted by Crippen LogP contribution is -2.24. The number of hydrogen-bond acceptors (Lipinski definition) is 2. The molecule has 0 aromatic rings. The van der Waals surface area contributed by atoms with E-state index in [0.29, 0.717) is 11.8 Å². The van der Waals surface area contributed by atoms with Crippen molar-refractivity contribution >= 4 is 5.84 Å². The summed E-state index contributed by atoms with van der Waals surface area (Å²) in [7, 11) is 0. The predicted octanol–water partition coefficient (Wildman–Crippen LogP) is 2.87. The molecule has 0 heterocycles. The Hall–Kier alpha value is -0.730. The van der Waals surface area contributed by atoms with Crippen molar-refractivity contribution in [3.63, 3.8) is 0 Å². The van der Waals surface area contributed by atoms with Gasteiger partial charge in [0.25, 0.3) is 0 Å². The second-order valence-electron chi connectivity index (χ2n) is 4.27. The molecule has 0 radical (unpaired) electrons. The predicted molar refractivity (Wildman–Crippen MR) is 58.5 cm³/mol. The molecule has 0 bridgehead atoms. The highest BCUT2D eigenvalue weighted by Crippen LogP contribution is 2.21. The number of oxime groups is 1. The molecule has 1 aliphatic rings. The minimum absolute atomic E-state index is 0.318. The molecule has 0 spiro atoms. The third-order valence-corrected chi connectivity index (χ3v) is 3.14. The summed E-state index contributed by atoms with van der Waals surface area (Å²) in [5.41, 5.74) is 5.66. The first-order valence-electron chi connectivity index (χ1n) is 5.82. The van der Waals surface area contributed by atoms with Gasteiger partial charge < -0.3 is 10.9 Å². The molecule has 14 heavy (non-hydrogen) atoms. The molecule has 3 N–H and O–H groups in total. The minimum Gasteiger partial charge on any atom is -0.409 e. The van der Waals surface area contributed by atoms with Crippen molar-refractivity contribution in [3.05, 3.63) is 0 Å². The zero-order valence-corrected chi connectivity index (χ0v) is 8.91. The Bertz CT molecular complexity index is 170. The molecule has 1 rings (SSSR count). The van der Waals surface area contributed by atoms with Crippen molar-refractivity contribution in [2.45, 2.75) is 57.8 Å². The van der Waals surface area contributed by atoms with Crippen LogP contribution >= 0.6 is 0 Å². The molecule has 1 fully saturated rings. The molecule has 0 saturated heterocycles. The van der Waals surface area contributed by atoms with Gasteiger partial charge in [-0.2, -0.15) is 0 Å². The number of hydrogen-bond donors (Lipinski definition) is 2. The normalized spacial score (nSPS) is 23.3. The van der Waals surface area contributed by atoms with Gasteiger partial charge in [0.15, 0.2) is 0 Å². The zero-order chi connectivity index (χ0) is 10.2. The maximum atomic E-state index is 8.64. The fourth-order valence-electron chi connectivity index (χ4n) is 2.19. The lowest BCUT2D eigenvalue weighted by molar-refractivity contribution is 0.311. The van der Waals surface area contributed by atoms with Gasteiger partial charge in [0.05, 0.1) is 0 Å². The second-order valence-corrected chi connectivity index (χ2v) is 4.27. The second kappa shape index (κ2) is 6.68. The first kappa shape index (κ1) is 11.3. The smallest absolute Gasteiger partial charge is 0.142 e. The van der Waals surface area contributed by atoms with Crippen LogP contribution in [0.25, 0.3) is 0 Å². The Morgan fingerprint density at radius 2 is 1.36 bits per heavy atom. The van der Waals surface area contributed by atoms with Crippen molar-refractivity contribution in [2.75, 3.05) is 0 Å². The number of nitrogens with zero attached hydrogens (tertiary/aromatic N) is 1. The summed E-state index contributed by atoms with van der Waals surface area (Å²) in [5, 5.41) is 11.8. The molecule has 0 amide bonds. The Labute approximate surface area is 86.4 Å². The summed E-state index contributed by atoms with van der Waals surface area (Å²) in [5.74, 6) is 0.753. The molecule has 0 atom stereocenters. The number of rotatable bonds is 1. The maximum Gasteiger partial charge on any atom is 0.142 e. The quantitative estimate of drug-likeness (QED) is 0.294. The number of amidine groups is 1. The lowest BCUT2D eigenvalue weighted by atomic mass is 9.91.